The Morgan fingerprint density at radius 3 is 2.48 bits per heavy atom. The van der Waals surface area contributed by atoms with Gasteiger partial charge >= 0.3 is 0 Å². The van der Waals surface area contributed by atoms with Gasteiger partial charge in [0, 0.05) is 16.1 Å². The van der Waals surface area contributed by atoms with Crippen LogP contribution in [0.25, 0.3) is 16.8 Å². The van der Waals surface area contributed by atoms with Crippen LogP contribution in [0.5, 0.6) is 0 Å². The van der Waals surface area contributed by atoms with Gasteiger partial charge in [-0.05, 0) is 36.2 Å². The maximum atomic E-state index is 12.7. The molecular weight excluding hydrogens is 360 g/mol. The molecule has 0 N–H and O–H groups in total. The highest BCUT2D eigenvalue weighted by Gasteiger charge is 2.11. The first-order valence-corrected chi connectivity index (χ1v) is 9.26. The third kappa shape index (κ3) is 3.81. The molecule has 0 aliphatic heterocycles. The molecule has 0 amide bonds. The van der Waals surface area contributed by atoms with Gasteiger partial charge in [-0.15, -0.1) is 0 Å². The zero-order valence-electron chi connectivity index (χ0n) is 13.3. The fourth-order valence-electron chi connectivity index (χ4n) is 2.56. The van der Waals surface area contributed by atoms with Crippen molar-refractivity contribution >= 4 is 22.3 Å². The first-order valence-electron chi connectivity index (χ1n) is 7.51. The topological polar surface area (TPSA) is 69.0 Å². The Hall–Kier alpha value is -2.44. The fourth-order valence-corrected chi connectivity index (χ4v) is 3.25. The lowest BCUT2D eigenvalue weighted by Crippen LogP contribution is -2.23. The molecule has 0 saturated carbocycles. The molecular formula is C18H15ClN2O3S. The molecule has 25 heavy (non-hydrogen) atoms. The van der Waals surface area contributed by atoms with E-state index in [0.29, 0.717) is 27.4 Å². The van der Waals surface area contributed by atoms with Crippen molar-refractivity contribution in [3.63, 3.8) is 0 Å². The van der Waals surface area contributed by atoms with E-state index in [1.165, 1.54) is 4.68 Å². The van der Waals surface area contributed by atoms with Gasteiger partial charge in [-0.25, -0.2) is 8.42 Å². The smallest absolute Gasteiger partial charge is 0.267 e. The second kappa shape index (κ2) is 7.21. The second-order valence-electron chi connectivity index (χ2n) is 5.57. The van der Waals surface area contributed by atoms with Crippen molar-refractivity contribution in [2.75, 3.05) is 0 Å². The number of hydrogen-bond acceptors (Lipinski definition) is 4. The Labute approximate surface area is 151 Å². The van der Waals surface area contributed by atoms with Crippen LogP contribution in [-0.2, 0) is 16.5 Å². The number of aromatic nitrogens is 2. The fraction of sp³-hybridized carbons (Fsp3) is 0.111. The number of nitrogens with zero attached hydrogens (tertiary/aromatic N) is 2. The summed E-state index contributed by atoms with van der Waals surface area (Å²) in [5.74, 6) is 0.00318. The highest BCUT2D eigenvalue weighted by Crippen LogP contribution is 2.22. The summed E-state index contributed by atoms with van der Waals surface area (Å²) in [6, 6.07) is 14.0. The van der Waals surface area contributed by atoms with Gasteiger partial charge in [0.25, 0.3) is 5.56 Å². The first-order chi connectivity index (χ1) is 12.0. The normalized spacial score (nSPS) is 11.0. The minimum atomic E-state index is -2.46. The maximum absolute atomic E-state index is 12.7. The van der Waals surface area contributed by atoms with E-state index >= 15 is 0 Å². The van der Waals surface area contributed by atoms with Gasteiger partial charge in [-0.3, -0.25) is 4.79 Å². The predicted octanol–water partition coefficient (Wildman–Crippen LogP) is 2.97. The van der Waals surface area contributed by atoms with Crippen molar-refractivity contribution in [2.45, 2.75) is 12.7 Å². The minimum Gasteiger partial charge on any atom is -0.267 e. The molecule has 3 rings (SSSR count). The van der Waals surface area contributed by atoms with Crippen molar-refractivity contribution in [1.82, 2.24) is 9.78 Å². The summed E-state index contributed by atoms with van der Waals surface area (Å²) in [5, 5.41) is 4.77. The van der Waals surface area contributed by atoms with Crippen LogP contribution in [0.15, 0.2) is 59.5 Å². The van der Waals surface area contributed by atoms with Crippen LogP contribution in [0.2, 0.25) is 5.02 Å². The van der Waals surface area contributed by atoms with E-state index in [-0.39, 0.29) is 11.3 Å². The number of benzene rings is 2. The highest BCUT2D eigenvalue weighted by molar-refractivity contribution is 7.71. The molecule has 5 nitrogen and oxygen atoms in total. The molecule has 0 unspecified atom stereocenters. The lowest BCUT2D eigenvalue weighted by atomic mass is 10.0. The Morgan fingerprint density at radius 1 is 1.12 bits per heavy atom. The van der Waals surface area contributed by atoms with Gasteiger partial charge in [-0.2, -0.15) is 9.78 Å². The molecule has 2 aromatic carbocycles. The molecule has 0 spiro atoms. The van der Waals surface area contributed by atoms with Crippen molar-refractivity contribution in [2.24, 2.45) is 0 Å². The summed E-state index contributed by atoms with van der Waals surface area (Å²) in [5.41, 5.74) is 3.15. The first kappa shape index (κ1) is 17.4. The standard InChI is InChI=1S/C18H15ClN2O3S/c1-12-17(14-7-5-13(6-8-14)11-25(23)24)10-20-21(18(12)22)16-4-2-3-15(19)9-16/h2-10,25H,11H2,1H3. The number of halogens is 1. The van der Waals surface area contributed by atoms with Crippen LogP contribution in [0.4, 0.5) is 0 Å². The summed E-state index contributed by atoms with van der Waals surface area (Å²) in [6.45, 7) is 1.74. The monoisotopic (exact) mass is 374 g/mol. The maximum Gasteiger partial charge on any atom is 0.275 e. The molecule has 0 fully saturated rings. The van der Waals surface area contributed by atoms with Gasteiger partial charge in [0.1, 0.15) is 10.7 Å². The molecule has 0 aliphatic carbocycles. The van der Waals surface area contributed by atoms with Crippen LogP contribution in [0.1, 0.15) is 11.1 Å². The van der Waals surface area contributed by atoms with Crippen molar-refractivity contribution < 1.29 is 8.42 Å². The lowest BCUT2D eigenvalue weighted by Gasteiger charge is -2.10. The predicted molar refractivity (Wildman–Crippen MR) is 99.0 cm³/mol. The molecule has 7 heteroatoms. The molecule has 0 radical (unpaired) electrons. The Bertz CT molecular complexity index is 1050. The minimum absolute atomic E-state index is 0.00318. The lowest BCUT2D eigenvalue weighted by molar-refractivity contribution is 0.614. The van der Waals surface area contributed by atoms with Gasteiger partial charge in [-0.1, -0.05) is 41.9 Å². The second-order valence-corrected chi connectivity index (χ2v) is 6.99. The van der Waals surface area contributed by atoms with Crippen LogP contribution in [0, 0.1) is 6.92 Å². The largest absolute Gasteiger partial charge is 0.275 e. The summed E-state index contributed by atoms with van der Waals surface area (Å²) in [4.78, 5) is 12.7. The van der Waals surface area contributed by atoms with Gasteiger partial charge in [0.2, 0.25) is 0 Å². The van der Waals surface area contributed by atoms with E-state index in [2.05, 4.69) is 5.10 Å². The van der Waals surface area contributed by atoms with Gasteiger partial charge in [0.05, 0.1) is 17.6 Å². The third-order valence-electron chi connectivity index (χ3n) is 3.85. The zero-order chi connectivity index (χ0) is 18.0. The average molecular weight is 375 g/mol. The highest BCUT2D eigenvalue weighted by atomic mass is 35.5. The Kier molecular flexibility index (Phi) is 5.01. The Morgan fingerprint density at radius 2 is 1.84 bits per heavy atom. The van der Waals surface area contributed by atoms with E-state index < -0.39 is 10.7 Å². The third-order valence-corrected chi connectivity index (χ3v) is 4.71. The summed E-state index contributed by atoms with van der Waals surface area (Å²) in [7, 11) is -2.46. The van der Waals surface area contributed by atoms with Crippen molar-refractivity contribution in [3.8, 4) is 16.8 Å². The summed E-state index contributed by atoms with van der Waals surface area (Å²) < 4.78 is 22.9. The van der Waals surface area contributed by atoms with Gasteiger partial charge in [0.15, 0.2) is 0 Å². The summed E-state index contributed by atoms with van der Waals surface area (Å²) in [6.07, 6.45) is 1.63. The molecule has 1 aromatic heterocycles. The number of hydrogen-bond donors (Lipinski definition) is 1. The van der Waals surface area contributed by atoms with Crippen LogP contribution in [-0.4, -0.2) is 18.2 Å². The van der Waals surface area contributed by atoms with E-state index in [4.69, 9.17) is 11.6 Å². The van der Waals surface area contributed by atoms with Crippen LogP contribution in [0.3, 0.4) is 0 Å². The average Bonchev–Trinajstić information content (AvgIpc) is 2.58. The molecule has 0 aliphatic rings. The quantitative estimate of drug-likeness (QED) is 0.713. The Balaban J connectivity index is 2.02. The zero-order valence-corrected chi connectivity index (χ0v) is 15.0. The van der Waals surface area contributed by atoms with E-state index in [9.17, 15) is 13.2 Å². The van der Waals surface area contributed by atoms with Crippen LogP contribution >= 0.6 is 11.6 Å². The van der Waals surface area contributed by atoms with E-state index in [1.807, 2.05) is 0 Å². The van der Waals surface area contributed by atoms with Gasteiger partial charge < -0.3 is 0 Å². The number of rotatable bonds is 4. The van der Waals surface area contributed by atoms with E-state index in [0.717, 1.165) is 5.56 Å². The molecule has 3 aromatic rings. The van der Waals surface area contributed by atoms with Crippen molar-refractivity contribution in [1.29, 1.82) is 0 Å². The molecule has 1 heterocycles. The van der Waals surface area contributed by atoms with Crippen LogP contribution < -0.4 is 5.56 Å². The number of thiol groups is 1. The SMILES string of the molecule is Cc1c(-c2ccc(C[SH](=O)=O)cc2)cnn(-c2cccc(Cl)c2)c1=O. The van der Waals surface area contributed by atoms with Crippen molar-refractivity contribution in [3.05, 3.63) is 81.2 Å². The van der Waals surface area contributed by atoms with E-state index in [1.54, 1.807) is 61.7 Å². The molecule has 0 saturated heterocycles. The summed E-state index contributed by atoms with van der Waals surface area (Å²) >= 11 is 5.98. The molecule has 0 atom stereocenters. The molecule has 0 bridgehead atoms. The molecule has 128 valence electrons.